The highest BCUT2D eigenvalue weighted by atomic mass is 32.2. The fraction of sp³-hybridized carbons (Fsp3) is 0.692. The van der Waals surface area contributed by atoms with E-state index in [4.69, 9.17) is 9.15 Å². The summed E-state index contributed by atoms with van der Waals surface area (Å²) in [7, 11) is 0. The Morgan fingerprint density at radius 3 is 3.12 bits per heavy atom. The molecule has 2 atom stereocenters. The molecule has 2 heterocycles. The molecule has 1 N–H and O–H groups in total. The van der Waals surface area contributed by atoms with Gasteiger partial charge in [0.25, 0.3) is 0 Å². The molecule has 0 radical (unpaired) electrons. The smallest absolute Gasteiger partial charge is 0.114 e. The summed E-state index contributed by atoms with van der Waals surface area (Å²) in [4.78, 5) is 1.25. The topological polar surface area (TPSA) is 34.4 Å². The van der Waals surface area contributed by atoms with Crippen LogP contribution >= 0.6 is 11.8 Å². The van der Waals surface area contributed by atoms with E-state index in [1.54, 1.807) is 6.26 Å². The fourth-order valence-corrected chi connectivity index (χ4v) is 2.94. The molecular weight excluding hydrogens is 234 g/mol. The summed E-state index contributed by atoms with van der Waals surface area (Å²) >= 11 is 1.84. The van der Waals surface area contributed by atoms with Crippen molar-refractivity contribution in [3.8, 4) is 0 Å². The first-order valence-corrected chi connectivity index (χ1v) is 7.28. The highest BCUT2D eigenvalue weighted by molar-refractivity contribution is 7.99. The van der Waals surface area contributed by atoms with Gasteiger partial charge in [-0.25, -0.2) is 0 Å². The summed E-state index contributed by atoms with van der Waals surface area (Å²) in [6.45, 7) is 6.16. The molecule has 1 aromatic heterocycles. The molecule has 0 bridgehead atoms. The predicted octanol–water partition coefficient (Wildman–Crippen LogP) is 2.84. The van der Waals surface area contributed by atoms with Gasteiger partial charge in [-0.05, 0) is 32.8 Å². The second kappa shape index (κ2) is 6.47. The number of hydrogen-bond donors (Lipinski definition) is 1. The summed E-state index contributed by atoms with van der Waals surface area (Å²) in [6, 6.07) is 2.49. The quantitative estimate of drug-likeness (QED) is 0.626. The first-order chi connectivity index (χ1) is 8.27. The SMILES string of the molecule is Cc1occc1SCCNC(C)C1CCCO1. The summed E-state index contributed by atoms with van der Waals surface area (Å²) in [5.41, 5.74) is 0. The minimum atomic E-state index is 0.413. The molecule has 3 nitrogen and oxygen atoms in total. The van der Waals surface area contributed by atoms with Crippen LogP contribution in [0.25, 0.3) is 0 Å². The van der Waals surface area contributed by atoms with Crippen molar-refractivity contribution in [1.29, 1.82) is 0 Å². The predicted molar refractivity (Wildman–Crippen MR) is 70.6 cm³/mol. The largest absolute Gasteiger partial charge is 0.468 e. The maximum absolute atomic E-state index is 5.65. The third-order valence-electron chi connectivity index (χ3n) is 3.16. The Morgan fingerprint density at radius 1 is 1.59 bits per heavy atom. The van der Waals surface area contributed by atoms with Gasteiger partial charge in [0.05, 0.1) is 12.4 Å². The van der Waals surface area contributed by atoms with E-state index < -0.39 is 0 Å². The Balaban J connectivity index is 1.61. The maximum Gasteiger partial charge on any atom is 0.114 e. The van der Waals surface area contributed by atoms with Gasteiger partial charge in [0, 0.05) is 29.8 Å². The summed E-state index contributed by atoms with van der Waals surface area (Å²) in [6.07, 6.45) is 4.57. The number of furan rings is 1. The van der Waals surface area contributed by atoms with Crippen LogP contribution in [-0.4, -0.2) is 31.1 Å². The molecule has 2 unspecified atom stereocenters. The van der Waals surface area contributed by atoms with Gasteiger partial charge < -0.3 is 14.5 Å². The Kier molecular flexibility index (Phi) is 4.95. The zero-order valence-electron chi connectivity index (χ0n) is 10.6. The zero-order chi connectivity index (χ0) is 12.1. The second-order valence-corrected chi connectivity index (χ2v) is 5.62. The van der Waals surface area contributed by atoms with Crippen molar-refractivity contribution in [3.05, 3.63) is 18.1 Å². The van der Waals surface area contributed by atoms with Crippen LogP contribution in [0.5, 0.6) is 0 Å². The summed E-state index contributed by atoms with van der Waals surface area (Å²) in [5.74, 6) is 2.08. The molecule has 1 aliphatic rings. The van der Waals surface area contributed by atoms with E-state index in [0.29, 0.717) is 12.1 Å². The molecule has 1 aliphatic heterocycles. The third kappa shape index (κ3) is 3.76. The Morgan fingerprint density at radius 2 is 2.47 bits per heavy atom. The number of thioether (sulfide) groups is 1. The van der Waals surface area contributed by atoms with Crippen LogP contribution in [0, 0.1) is 6.92 Å². The van der Waals surface area contributed by atoms with Crippen molar-refractivity contribution in [2.45, 2.75) is 43.7 Å². The van der Waals surface area contributed by atoms with Crippen molar-refractivity contribution < 1.29 is 9.15 Å². The molecule has 0 aromatic carbocycles. The molecule has 0 spiro atoms. The van der Waals surface area contributed by atoms with Crippen molar-refractivity contribution in [1.82, 2.24) is 5.32 Å². The van der Waals surface area contributed by atoms with Crippen LogP contribution in [0.15, 0.2) is 21.6 Å². The first-order valence-electron chi connectivity index (χ1n) is 6.29. The van der Waals surface area contributed by atoms with Gasteiger partial charge in [-0.2, -0.15) is 0 Å². The van der Waals surface area contributed by atoms with Crippen molar-refractivity contribution in [2.75, 3.05) is 18.9 Å². The summed E-state index contributed by atoms with van der Waals surface area (Å²) < 4.78 is 10.9. The van der Waals surface area contributed by atoms with Crippen LogP contribution < -0.4 is 5.32 Å². The molecule has 17 heavy (non-hydrogen) atoms. The van der Waals surface area contributed by atoms with E-state index >= 15 is 0 Å². The van der Waals surface area contributed by atoms with E-state index in [-0.39, 0.29) is 0 Å². The molecule has 0 saturated carbocycles. The van der Waals surface area contributed by atoms with Gasteiger partial charge in [0.2, 0.25) is 0 Å². The molecule has 2 rings (SSSR count). The van der Waals surface area contributed by atoms with E-state index in [9.17, 15) is 0 Å². The lowest BCUT2D eigenvalue weighted by molar-refractivity contribution is 0.0844. The summed E-state index contributed by atoms with van der Waals surface area (Å²) in [5, 5.41) is 3.53. The minimum Gasteiger partial charge on any atom is -0.468 e. The number of aryl methyl sites for hydroxylation is 1. The lowest BCUT2D eigenvalue weighted by Gasteiger charge is -2.19. The minimum absolute atomic E-state index is 0.413. The van der Waals surface area contributed by atoms with E-state index in [1.807, 2.05) is 24.8 Å². The van der Waals surface area contributed by atoms with Crippen LogP contribution in [0.2, 0.25) is 0 Å². The average Bonchev–Trinajstić information content (AvgIpc) is 2.96. The number of rotatable bonds is 6. The molecule has 0 amide bonds. The van der Waals surface area contributed by atoms with Gasteiger partial charge in [0.15, 0.2) is 0 Å². The second-order valence-electron chi connectivity index (χ2n) is 4.48. The lowest BCUT2D eigenvalue weighted by atomic mass is 10.1. The zero-order valence-corrected chi connectivity index (χ0v) is 11.4. The Labute approximate surface area is 107 Å². The van der Waals surface area contributed by atoms with Gasteiger partial charge in [0.1, 0.15) is 5.76 Å². The van der Waals surface area contributed by atoms with E-state index in [1.165, 1.54) is 17.7 Å². The Bertz CT molecular complexity index is 334. The third-order valence-corrected chi connectivity index (χ3v) is 4.30. The van der Waals surface area contributed by atoms with Gasteiger partial charge in [-0.1, -0.05) is 0 Å². The van der Waals surface area contributed by atoms with Crippen LogP contribution in [0.3, 0.4) is 0 Å². The lowest BCUT2D eigenvalue weighted by Crippen LogP contribution is -2.38. The highest BCUT2D eigenvalue weighted by Gasteiger charge is 2.21. The number of ether oxygens (including phenoxy) is 1. The number of nitrogens with one attached hydrogen (secondary N) is 1. The monoisotopic (exact) mass is 255 g/mol. The van der Waals surface area contributed by atoms with Gasteiger partial charge in [-0.3, -0.25) is 0 Å². The van der Waals surface area contributed by atoms with Gasteiger partial charge >= 0.3 is 0 Å². The van der Waals surface area contributed by atoms with Crippen LogP contribution in [0.4, 0.5) is 0 Å². The molecule has 96 valence electrons. The van der Waals surface area contributed by atoms with Crippen molar-refractivity contribution in [3.63, 3.8) is 0 Å². The van der Waals surface area contributed by atoms with Crippen molar-refractivity contribution in [2.24, 2.45) is 0 Å². The maximum atomic E-state index is 5.65. The molecule has 1 saturated heterocycles. The molecular formula is C13H21NO2S. The number of hydrogen-bond acceptors (Lipinski definition) is 4. The molecule has 1 aromatic rings. The average molecular weight is 255 g/mol. The molecule has 0 aliphatic carbocycles. The highest BCUT2D eigenvalue weighted by Crippen LogP contribution is 2.22. The Hall–Kier alpha value is -0.450. The van der Waals surface area contributed by atoms with Crippen molar-refractivity contribution >= 4 is 11.8 Å². The normalized spacial score (nSPS) is 21.9. The molecule has 1 fully saturated rings. The van der Waals surface area contributed by atoms with Crippen LogP contribution in [-0.2, 0) is 4.74 Å². The fourth-order valence-electron chi connectivity index (χ4n) is 2.10. The van der Waals surface area contributed by atoms with Gasteiger partial charge in [-0.15, -0.1) is 11.8 Å². The van der Waals surface area contributed by atoms with Crippen LogP contribution in [0.1, 0.15) is 25.5 Å². The standard InChI is InChI=1S/C13H21NO2S/c1-10(12-4-3-7-16-12)14-6-9-17-13-5-8-15-11(13)2/h5,8,10,12,14H,3-4,6-7,9H2,1-2H3. The molecule has 4 heteroatoms. The van der Waals surface area contributed by atoms with E-state index in [0.717, 1.165) is 24.7 Å². The van der Waals surface area contributed by atoms with E-state index in [2.05, 4.69) is 12.2 Å². The first kappa shape index (κ1) is 13.0.